The molecule has 0 unspecified atom stereocenters. The predicted molar refractivity (Wildman–Crippen MR) is 114 cm³/mol. The van der Waals surface area contributed by atoms with Gasteiger partial charge in [0.05, 0.1) is 0 Å². The van der Waals surface area contributed by atoms with Crippen LogP contribution < -0.4 is 15.1 Å². The van der Waals surface area contributed by atoms with E-state index < -0.39 is 5.82 Å². The summed E-state index contributed by atoms with van der Waals surface area (Å²) in [6.07, 6.45) is 2.40. The Labute approximate surface area is 171 Å². The molecule has 0 spiro atoms. The fourth-order valence-electron chi connectivity index (χ4n) is 3.59. The van der Waals surface area contributed by atoms with Gasteiger partial charge in [0.25, 0.3) is 5.91 Å². The molecule has 2 amide bonds. The number of nitrogens with zero attached hydrogens (tertiary/aromatic N) is 2. The average molecular weight is 397 g/mol. The van der Waals surface area contributed by atoms with E-state index in [4.69, 9.17) is 0 Å². The Hall–Kier alpha value is -2.89. The van der Waals surface area contributed by atoms with Gasteiger partial charge in [-0.1, -0.05) is 13.0 Å². The maximum Gasteiger partial charge on any atom is 0.251 e. The normalized spacial score (nSPS) is 14.5. The smallest absolute Gasteiger partial charge is 0.251 e. The summed E-state index contributed by atoms with van der Waals surface area (Å²) in [5, 5.41) is 2.74. The van der Waals surface area contributed by atoms with Crippen molar-refractivity contribution in [2.45, 2.75) is 26.7 Å². The van der Waals surface area contributed by atoms with Gasteiger partial charge in [-0.3, -0.25) is 9.59 Å². The molecule has 0 bridgehead atoms. The summed E-state index contributed by atoms with van der Waals surface area (Å²) in [6.45, 7) is 6.54. The molecule has 5 nitrogen and oxygen atoms in total. The Morgan fingerprint density at radius 1 is 1.14 bits per heavy atom. The second-order valence-electron chi connectivity index (χ2n) is 7.62. The van der Waals surface area contributed by atoms with Gasteiger partial charge in [0.2, 0.25) is 5.91 Å². The number of benzene rings is 2. The monoisotopic (exact) mass is 397 g/mol. The standard InChI is InChI=1S/C23H28FN3O2/c1-17-10-13-26(14-11-17)21-6-8-22(9-7-21)27(18(2)28)15-12-25-23(29)19-4-3-5-20(24)16-19/h3-9,16-17H,10-15H2,1-2H3,(H,25,29). The molecule has 2 aromatic carbocycles. The lowest BCUT2D eigenvalue weighted by atomic mass is 9.99. The highest BCUT2D eigenvalue weighted by molar-refractivity contribution is 5.94. The Bertz CT molecular complexity index is 845. The van der Waals surface area contributed by atoms with Crippen LogP contribution >= 0.6 is 0 Å². The molecule has 0 atom stereocenters. The second kappa shape index (κ2) is 9.54. The van der Waals surface area contributed by atoms with Crippen LogP contribution in [0.1, 0.15) is 37.0 Å². The minimum absolute atomic E-state index is 0.0930. The van der Waals surface area contributed by atoms with Crippen LogP contribution in [-0.4, -0.2) is 38.0 Å². The molecule has 2 aromatic rings. The molecule has 0 saturated carbocycles. The number of amides is 2. The van der Waals surface area contributed by atoms with Crippen molar-refractivity contribution >= 4 is 23.2 Å². The second-order valence-corrected chi connectivity index (χ2v) is 7.62. The molecule has 3 rings (SSSR count). The van der Waals surface area contributed by atoms with Gasteiger partial charge in [-0.15, -0.1) is 0 Å². The van der Waals surface area contributed by atoms with Crippen LogP contribution in [0.4, 0.5) is 15.8 Å². The lowest BCUT2D eigenvalue weighted by Crippen LogP contribution is -2.37. The third-order valence-electron chi connectivity index (χ3n) is 5.40. The van der Waals surface area contributed by atoms with Gasteiger partial charge in [0, 0.05) is 50.0 Å². The van der Waals surface area contributed by atoms with E-state index in [-0.39, 0.29) is 23.9 Å². The van der Waals surface area contributed by atoms with Crippen molar-refractivity contribution in [2.75, 3.05) is 36.0 Å². The number of hydrogen-bond donors (Lipinski definition) is 1. The molecular formula is C23H28FN3O2. The average Bonchev–Trinajstić information content (AvgIpc) is 2.71. The van der Waals surface area contributed by atoms with E-state index in [0.717, 1.165) is 24.7 Å². The molecule has 0 aliphatic carbocycles. The first-order chi connectivity index (χ1) is 13.9. The number of anilines is 2. The number of nitrogens with one attached hydrogen (secondary N) is 1. The van der Waals surface area contributed by atoms with E-state index in [9.17, 15) is 14.0 Å². The van der Waals surface area contributed by atoms with Crippen molar-refractivity contribution in [1.29, 1.82) is 0 Å². The number of rotatable bonds is 6. The van der Waals surface area contributed by atoms with E-state index in [1.807, 2.05) is 24.3 Å². The first kappa shape index (κ1) is 20.8. The summed E-state index contributed by atoms with van der Waals surface area (Å²) in [4.78, 5) is 28.3. The topological polar surface area (TPSA) is 52.7 Å². The molecule has 29 heavy (non-hydrogen) atoms. The zero-order valence-corrected chi connectivity index (χ0v) is 17.0. The van der Waals surface area contributed by atoms with Crippen LogP contribution in [0.15, 0.2) is 48.5 Å². The molecule has 1 N–H and O–H groups in total. The van der Waals surface area contributed by atoms with Crippen LogP contribution in [0, 0.1) is 11.7 Å². The van der Waals surface area contributed by atoms with E-state index in [1.165, 1.54) is 43.7 Å². The Kier molecular flexibility index (Phi) is 6.86. The van der Waals surface area contributed by atoms with Gasteiger partial charge in [0.15, 0.2) is 0 Å². The highest BCUT2D eigenvalue weighted by Gasteiger charge is 2.17. The molecule has 1 fully saturated rings. The molecule has 154 valence electrons. The number of halogens is 1. The summed E-state index contributed by atoms with van der Waals surface area (Å²) in [5.41, 5.74) is 2.23. The van der Waals surface area contributed by atoms with Crippen LogP contribution in [0.5, 0.6) is 0 Å². The van der Waals surface area contributed by atoms with Crippen molar-refractivity contribution in [3.63, 3.8) is 0 Å². The molecule has 0 radical (unpaired) electrons. The van der Waals surface area contributed by atoms with Crippen LogP contribution in [0.25, 0.3) is 0 Å². The molecular weight excluding hydrogens is 369 g/mol. The summed E-state index contributed by atoms with van der Waals surface area (Å²) in [6, 6.07) is 13.5. The highest BCUT2D eigenvalue weighted by Crippen LogP contribution is 2.25. The largest absolute Gasteiger partial charge is 0.372 e. The van der Waals surface area contributed by atoms with E-state index in [1.54, 1.807) is 11.0 Å². The van der Waals surface area contributed by atoms with Gasteiger partial charge in [-0.2, -0.15) is 0 Å². The van der Waals surface area contributed by atoms with Crippen LogP contribution in [-0.2, 0) is 4.79 Å². The maximum atomic E-state index is 13.3. The molecule has 1 heterocycles. The van der Waals surface area contributed by atoms with E-state index in [0.29, 0.717) is 6.54 Å². The summed E-state index contributed by atoms with van der Waals surface area (Å²) < 4.78 is 13.3. The molecule has 1 aliphatic rings. The molecule has 1 saturated heterocycles. The highest BCUT2D eigenvalue weighted by atomic mass is 19.1. The first-order valence-electron chi connectivity index (χ1n) is 10.1. The number of hydrogen-bond acceptors (Lipinski definition) is 3. The summed E-state index contributed by atoms with van der Waals surface area (Å²) >= 11 is 0. The Morgan fingerprint density at radius 3 is 2.45 bits per heavy atom. The zero-order chi connectivity index (χ0) is 20.8. The van der Waals surface area contributed by atoms with Crippen molar-refractivity contribution in [3.05, 3.63) is 59.9 Å². The van der Waals surface area contributed by atoms with Gasteiger partial charge in [-0.25, -0.2) is 4.39 Å². The fraction of sp³-hybridized carbons (Fsp3) is 0.391. The van der Waals surface area contributed by atoms with Gasteiger partial charge in [0.1, 0.15) is 5.82 Å². The van der Waals surface area contributed by atoms with E-state index in [2.05, 4.69) is 17.1 Å². The zero-order valence-electron chi connectivity index (χ0n) is 17.0. The van der Waals surface area contributed by atoms with Crippen molar-refractivity contribution < 1.29 is 14.0 Å². The lowest BCUT2D eigenvalue weighted by Gasteiger charge is -2.32. The summed E-state index contributed by atoms with van der Waals surface area (Å²) in [7, 11) is 0. The Morgan fingerprint density at radius 2 is 1.83 bits per heavy atom. The molecule has 1 aliphatic heterocycles. The molecule has 0 aromatic heterocycles. The quantitative estimate of drug-likeness (QED) is 0.806. The maximum absolute atomic E-state index is 13.3. The van der Waals surface area contributed by atoms with Crippen molar-refractivity contribution in [2.24, 2.45) is 5.92 Å². The minimum Gasteiger partial charge on any atom is -0.372 e. The first-order valence-corrected chi connectivity index (χ1v) is 10.1. The van der Waals surface area contributed by atoms with Gasteiger partial charge < -0.3 is 15.1 Å². The Balaban J connectivity index is 1.58. The van der Waals surface area contributed by atoms with Gasteiger partial charge >= 0.3 is 0 Å². The third kappa shape index (κ3) is 5.56. The number of carbonyl (C=O) groups excluding carboxylic acids is 2. The minimum atomic E-state index is -0.453. The van der Waals surface area contributed by atoms with Crippen LogP contribution in [0.2, 0.25) is 0 Å². The SMILES string of the molecule is CC(=O)N(CCNC(=O)c1cccc(F)c1)c1ccc(N2CCC(C)CC2)cc1. The lowest BCUT2D eigenvalue weighted by molar-refractivity contribution is -0.116. The third-order valence-corrected chi connectivity index (χ3v) is 5.40. The predicted octanol–water partition coefficient (Wildman–Crippen LogP) is 3.84. The van der Waals surface area contributed by atoms with Gasteiger partial charge in [-0.05, 0) is 61.2 Å². The van der Waals surface area contributed by atoms with Crippen molar-refractivity contribution in [1.82, 2.24) is 5.32 Å². The van der Waals surface area contributed by atoms with Crippen molar-refractivity contribution in [3.8, 4) is 0 Å². The molecule has 6 heteroatoms. The number of carbonyl (C=O) groups is 2. The van der Waals surface area contributed by atoms with Crippen LogP contribution in [0.3, 0.4) is 0 Å². The number of piperidine rings is 1. The van der Waals surface area contributed by atoms with E-state index >= 15 is 0 Å². The summed E-state index contributed by atoms with van der Waals surface area (Å²) in [5.74, 6) is -0.125. The fourth-order valence-corrected chi connectivity index (χ4v) is 3.59.